The van der Waals surface area contributed by atoms with Crippen molar-refractivity contribution in [2.45, 2.75) is 44.7 Å². The highest BCUT2D eigenvalue weighted by Crippen LogP contribution is 2.33. The van der Waals surface area contributed by atoms with E-state index >= 15 is 0 Å². The number of sulfonamides is 1. The van der Waals surface area contributed by atoms with Gasteiger partial charge in [-0.25, -0.2) is 8.42 Å². The first-order chi connectivity index (χ1) is 18.6. The molecule has 0 bridgehead atoms. The molecule has 0 saturated heterocycles. The number of benzene rings is 3. The summed E-state index contributed by atoms with van der Waals surface area (Å²) in [6.07, 6.45) is 0.733. The van der Waals surface area contributed by atoms with E-state index in [9.17, 15) is 18.0 Å². The van der Waals surface area contributed by atoms with Crippen LogP contribution in [0.3, 0.4) is 0 Å². The van der Waals surface area contributed by atoms with Gasteiger partial charge < -0.3 is 15.0 Å². The molecule has 8 nitrogen and oxygen atoms in total. The molecule has 0 saturated carbocycles. The molecule has 0 aliphatic carbocycles. The number of carbonyl (C=O) groups excluding carboxylic acids is 2. The number of hydrogen-bond donors (Lipinski definition) is 1. The van der Waals surface area contributed by atoms with Crippen LogP contribution in [-0.4, -0.2) is 51.4 Å². The number of nitrogens with zero attached hydrogens (tertiary/aromatic N) is 2. The van der Waals surface area contributed by atoms with Gasteiger partial charge in [0.1, 0.15) is 18.3 Å². The number of anilines is 1. The molecule has 0 unspecified atom stereocenters. The molecule has 0 aliphatic heterocycles. The molecule has 0 spiro atoms. The largest absolute Gasteiger partial charge is 0.495 e. The van der Waals surface area contributed by atoms with Gasteiger partial charge in [0.05, 0.1) is 17.7 Å². The van der Waals surface area contributed by atoms with Crippen LogP contribution in [0.1, 0.15) is 31.4 Å². The number of aryl methyl sites for hydroxylation is 1. The van der Waals surface area contributed by atoms with E-state index in [0.29, 0.717) is 22.9 Å². The van der Waals surface area contributed by atoms with Crippen LogP contribution in [0.25, 0.3) is 0 Å². The van der Waals surface area contributed by atoms with Crippen molar-refractivity contribution in [3.63, 3.8) is 0 Å². The summed E-state index contributed by atoms with van der Waals surface area (Å²) in [5.74, 6) is -0.599. The lowest BCUT2D eigenvalue weighted by atomic mass is 10.1. The molecule has 10 heteroatoms. The maximum absolute atomic E-state index is 14.0. The maximum atomic E-state index is 14.0. The summed E-state index contributed by atoms with van der Waals surface area (Å²) < 4.78 is 34.4. The normalized spacial score (nSPS) is 11.9. The summed E-state index contributed by atoms with van der Waals surface area (Å²) in [6, 6.07) is 19.1. The van der Waals surface area contributed by atoms with Crippen molar-refractivity contribution >= 4 is 39.1 Å². The Bertz CT molecular complexity index is 1400. The van der Waals surface area contributed by atoms with Crippen LogP contribution in [0, 0.1) is 6.92 Å². The third kappa shape index (κ3) is 7.52. The van der Waals surface area contributed by atoms with E-state index in [0.717, 1.165) is 16.3 Å². The van der Waals surface area contributed by atoms with Gasteiger partial charge in [0.2, 0.25) is 11.8 Å². The van der Waals surface area contributed by atoms with Crippen LogP contribution in [0.2, 0.25) is 5.02 Å². The van der Waals surface area contributed by atoms with E-state index in [1.807, 2.05) is 13.8 Å². The summed E-state index contributed by atoms with van der Waals surface area (Å²) in [6.45, 7) is 5.34. The molecular weight excluding hydrogens is 538 g/mol. The molecule has 3 rings (SSSR count). The van der Waals surface area contributed by atoms with Gasteiger partial charge in [0.15, 0.2) is 0 Å². The van der Waals surface area contributed by atoms with Crippen molar-refractivity contribution in [1.82, 2.24) is 10.2 Å². The van der Waals surface area contributed by atoms with Gasteiger partial charge >= 0.3 is 0 Å². The molecule has 0 fully saturated rings. The first kappa shape index (κ1) is 30.0. The fraction of sp³-hybridized carbons (Fsp3) is 0.310. The SMILES string of the molecule is CCCNC(=O)[C@@H](C)N(Cc1cccc(Cl)c1)C(=O)CN(c1cc(C)ccc1OC)S(=O)(=O)c1ccccc1. The molecule has 0 aliphatic rings. The van der Waals surface area contributed by atoms with E-state index in [-0.39, 0.29) is 23.0 Å². The Morgan fingerprint density at radius 2 is 1.74 bits per heavy atom. The average Bonchev–Trinajstić information content (AvgIpc) is 2.93. The second-order valence-electron chi connectivity index (χ2n) is 9.12. The van der Waals surface area contributed by atoms with Crippen molar-refractivity contribution < 1.29 is 22.7 Å². The number of carbonyl (C=O) groups is 2. The highest BCUT2D eigenvalue weighted by Gasteiger charge is 2.33. The van der Waals surface area contributed by atoms with Gasteiger partial charge in [-0.05, 0) is 67.8 Å². The lowest BCUT2D eigenvalue weighted by molar-refractivity contribution is -0.139. The highest BCUT2D eigenvalue weighted by molar-refractivity contribution is 7.92. The topological polar surface area (TPSA) is 96.0 Å². The molecule has 3 aromatic carbocycles. The first-order valence-electron chi connectivity index (χ1n) is 12.6. The Morgan fingerprint density at radius 1 is 1.03 bits per heavy atom. The molecule has 1 N–H and O–H groups in total. The molecule has 0 heterocycles. The van der Waals surface area contributed by atoms with Gasteiger partial charge in [-0.15, -0.1) is 0 Å². The zero-order valence-corrected chi connectivity index (χ0v) is 24.1. The van der Waals surface area contributed by atoms with Crippen molar-refractivity contribution in [2.24, 2.45) is 0 Å². The summed E-state index contributed by atoms with van der Waals surface area (Å²) in [7, 11) is -2.75. The number of rotatable bonds is 12. The second kappa shape index (κ2) is 13.5. The van der Waals surface area contributed by atoms with Crippen LogP contribution in [0.4, 0.5) is 5.69 Å². The predicted molar refractivity (Wildman–Crippen MR) is 153 cm³/mol. The van der Waals surface area contributed by atoms with Crippen LogP contribution < -0.4 is 14.4 Å². The van der Waals surface area contributed by atoms with Gasteiger partial charge in [-0.2, -0.15) is 0 Å². The fourth-order valence-electron chi connectivity index (χ4n) is 4.04. The zero-order chi connectivity index (χ0) is 28.6. The third-order valence-corrected chi connectivity index (χ3v) is 8.18. The Labute approximate surface area is 235 Å². The van der Waals surface area contributed by atoms with Crippen LogP contribution >= 0.6 is 11.6 Å². The Hall–Kier alpha value is -3.56. The fourth-order valence-corrected chi connectivity index (χ4v) is 5.69. The number of nitrogens with one attached hydrogen (secondary N) is 1. The summed E-state index contributed by atoms with van der Waals surface area (Å²) in [5.41, 5.74) is 1.71. The average molecular weight is 572 g/mol. The van der Waals surface area contributed by atoms with Crippen molar-refractivity contribution in [3.05, 3.63) is 88.9 Å². The minimum Gasteiger partial charge on any atom is -0.495 e. The molecule has 1 atom stereocenters. The predicted octanol–water partition coefficient (Wildman–Crippen LogP) is 4.80. The van der Waals surface area contributed by atoms with Crippen LogP contribution in [0.5, 0.6) is 5.75 Å². The maximum Gasteiger partial charge on any atom is 0.264 e. The van der Waals surface area contributed by atoms with Crippen LogP contribution in [-0.2, 0) is 26.2 Å². The molecular formula is C29H34ClN3O5S. The Balaban J connectivity index is 2.08. The van der Waals surface area contributed by atoms with Gasteiger partial charge in [-0.1, -0.05) is 54.9 Å². The Morgan fingerprint density at radius 3 is 2.38 bits per heavy atom. The molecule has 0 aromatic heterocycles. The van der Waals surface area contributed by atoms with Crippen molar-refractivity contribution in [3.8, 4) is 5.75 Å². The lowest BCUT2D eigenvalue weighted by Gasteiger charge is -2.32. The number of amides is 2. The molecule has 2 amide bonds. The van der Waals surface area contributed by atoms with E-state index in [4.69, 9.17) is 16.3 Å². The molecule has 3 aromatic rings. The highest BCUT2D eigenvalue weighted by atomic mass is 35.5. The minimum atomic E-state index is -4.19. The zero-order valence-electron chi connectivity index (χ0n) is 22.6. The standard InChI is InChI=1S/C29H34ClN3O5S/c1-5-16-31-29(35)22(3)32(19-23-10-9-11-24(30)18-23)28(34)20-33(26-17-21(2)14-15-27(26)38-4)39(36,37)25-12-7-6-8-13-25/h6-15,17-18,22H,5,16,19-20H2,1-4H3,(H,31,35)/t22-/m1/s1. The third-order valence-electron chi connectivity index (χ3n) is 6.17. The van der Waals surface area contributed by atoms with Crippen molar-refractivity contribution in [1.29, 1.82) is 0 Å². The van der Waals surface area contributed by atoms with E-state index in [1.165, 1.54) is 24.1 Å². The van der Waals surface area contributed by atoms with E-state index < -0.39 is 28.5 Å². The number of halogens is 1. The number of methoxy groups -OCH3 is 1. The van der Waals surface area contributed by atoms with Gasteiger partial charge in [-0.3, -0.25) is 13.9 Å². The van der Waals surface area contributed by atoms with E-state index in [1.54, 1.807) is 67.6 Å². The summed E-state index contributed by atoms with van der Waals surface area (Å²) in [5, 5.41) is 3.31. The second-order valence-corrected chi connectivity index (χ2v) is 11.4. The smallest absolute Gasteiger partial charge is 0.264 e. The number of hydrogen-bond acceptors (Lipinski definition) is 5. The molecule has 39 heavy (non-hydrogen) atoms. The summed E-state index contributed by atoms with van der Waals surface area (Å²) in [4.78, 5) is 28.3. The quantitative estimate of drug-likeness (QED) is 0.337. The molecule has 208 valence electrons. The van der Waals surface area contributed by atoms with E-state index in [2.05, 4.69) is 5.32 Å². The monoisotopic (exact) mass is 571 g/mol. The first-order valence-corrected chi connectivity index (χ1v) is 14.4. The van der Waals surface area contributed by atoms with Gasteiger partial charge in [0.25, 0.3) is 10.0 Å². The number of ether oxygens (including phenoxy) is 1. The summed E-state index contributed by atoms with van der Waals surface area (Å²) >= 11 is 6.17. The lowest BCUT2D eigenvalue weighted by Crippen LogP contribution is -2.51. The van der Waals surface area contributed by atoms with Crippen molar-refractivity contribution in [2.75, 3.05) is 24.5 Å². The minimum absolute atomic E-state index is 0.0245. The molecule has 0 radical (unpaired) electrons. The Kier molecular flexibility index (Phi) is 10.4. The van der Waals surface area contributed by atoms with Gasteiger partial charge in [0, 0.05) is 18.1 Å². The van der Waals surface area contributed by atoms with Crippen LogP contribution in [0.15, 0.2) is 77.7 Å².